The van der Waals surface area contributed by atoms with Gasteiger partial charge in [-0.05, 0) is 46.2 Å². The van der Waals surface area contributed by atoms with Crippen molar-refractivity contribution in [1.29, 1.82) is 0 Å². The lowest BCUT2D eigenvalue weighted by Crippen LogP contribution is -2.38. The number of rotatable bonds is 5. The molecule has 1 amide bonds. The molecule has 25 heavy (non-hydrogen) atoms. The van der Waals surface area contributed by atoms with Gasteiger partial charge in [0.25, 0.3) is 0 Å². The topological polar surface area (TPSA) is 78.3 Å². The molecule has 2 heterocycles. The standard InChI is InChI=1S/C19H30N4O2/c1-14-20-12-15(18(22-14)16-7-6-10-23(16)2)13-21-17(24)11-19(25)8-4-3-5-9-19/h12,16,25H,3-11,13H2,1-2H3,(H,21,24)/t16-/m1/s1. The number of hydrogen-bond donors (Lipinski definition) is 2. The quantitative estimate of drug-likeness (QED) is 0.855. The summed E-state index contributed by atoms with van der Waals surface area (Å²) in [7, 11) is 2.12. The maximum absolute atomic E-state index is 12.3. The summed E-state index contributed by atoms with van der Waals surface area (Å²) < 4.78 is 0. The Labute approximate surface area is 150 Å². The summed E-state index contributed by atoms with van der Waals surface area (Å²) in [5.41, 5.74) is 1.19. The monoisotopic (exact) mass is 346 g/mol. The van der Waals surface area contributed by atoms with Crippen molar-refractivity contribution < 1.29 is 9.90 Å². The summed E-state index contributed by atoms with van der Waals surface area (Å²) in [6.45, 7) is 3.40. The zero-order chi connectivity index (χ0) is 17.9. The van der Waals surface area contributed by atoms with Crippen LogP contribution in [-0.4, -0.2) is 45.1 Å². The van der Waals surface area contributed by atoms with Crippen molar-refractivity contribution in [2.75, 3.05) is 13.6 Å². The number of likely N-dealkylation sites (tertiary alicyclic amines) is 1. The van der Waals surface area contributed by atoms with Gasteiger partial charge in [-0.1, -0.05) is 19.3 Å². The third kappa shape index (κ3) is 4.55. The second kappa shape index (κ2) is 7.79. The highest BCUT2D eigenvalue weighted by molar-refractivity contribution is 5.77. The minimum atomic E-state index is -0.819. The minimum Gasteiger partial charge on any atom is -0.389 e. The predicted octanol–water partition coefficient (Wildman–Crippen LogP) is 2.25. The molecular weight excluding hydrogens is 316 g/mol. The van der Waals surface area contributed by atoms with Crippen molar-refractivity contribution >= 4 is 5.91 Å². The first-order valence-electron chi connectivity index (χ1n) is 9.49. The van der Waals surface area contributed by atoms with Gasteiger partial charge < -0.3 is 10.4 Å². The number of amides is 1. The van der Waals surface area contributed by atoms with E-state index in [0.29, 0.717) is 12.6 Å². The first kappa shape index (κ1) is 18.3. The Balaban J connectivity index is 1.63. The van der Waals surface area contributed by atoms with Crippen LogP contribution in [0.3, 0.4) is 0 Å². The van der Waals surface area contributed by atoms with Gasteiger partial charge in [0.2, 0.25) is 5.91 Å². The normalized spacial score (nSPS) is 23.6. The lowest BCUT2D eigenvalue weighted by molar-refractivity contribution is -0.127. The molecular formula is C19H30N4O2. The van der Waals surface area contributed by atoms with Crippen LogP contribution in [0, 0.1) is 6.92 Å². The van der Waals surface area contributed by atoms with E-state index in [0.717, 1.165) is 62.2 Å². The molecule has 1 saturated carbocycles. The number of aromatic nitrogens is 2. The predicted molar refractivity (Wildman–Crippen MR) is 95.9 cm³/mol. The van der Waals surface area contributed by atoms with Crippen molar-refractivity contribution in [2.24, 2.45) is 0 Å². The number of nitrogens with one attached hydrogen (secondary N) is 1. The van der Waals surface area contributed by atoms with Gasteiger partial charge >= 0.3 is 0 Å². The van der Waals surface area contributed by atoms with Gasteiger partial charge in [-0.15, -0.1) is 0 Å². The van der Waals surface area contributed by atoms with E-state index in [4.69, 9.17) is 0 Å². The van der Waals surface area contributed by atoms with E-state index in [1.54, 1.807) is 0 Å². The fraction of sp³-hybridized carbons (Fsp3) is 0.737. The van der Waals surface area contributed by atoms with Gasteiger partial charge in [0, 0.05) is 18.3 Å². The lowest BCUT2D eigenvalue weighted by atomic mass is 9.82. The van der Waals surface area contributed by atoms with E-state index < -0.39 is 5.60 Å². The van der Waals surface area contributed by atoms with Crippen LogP contribution in [0.4, 0.5) is 0 Å². The van der Waals surface area contributed by atoms with Gasteiger partial charge in [-0.2, -0.15) is 0 Å². The Morgan fingerprint density at radius 1 is 1.36 bits per heavy atom. The van der Waals surface area contributed by atoms with E-state index in [1.807, 2.05) is 13.1 Å². The third-order valence-corrected chi connectivity index (χ3v) is 5.60. The van der Waals surface area contributed by atoms with Gasteiger partial charge in [-0.3, -0.25) is 9.69 Å². The van der Waals surface area contributed by atoms with Crippen LogP contribution in [0.1, 0.15) is 74.5 Å². The highest BCUT2D eigenvalue weighted by Gasteiger charge is 2.32. The summed E-state index contributed by atoms with van der Waals surface area (Å²) >= 11 is 0. The Morgan fingerprint density at radius 2 is 2.12 bits per heavy atom. The molecule has 1 aromatic heterocycles. The number of hydrogen-bond acceptors (Lipinski definition) is 5. The lowest BCUT2D eigenvalue weighted by Gasteiger charge is -2.31. The summed E-state index contributed by atoms with van der Waals surface area (Å²) in [6, 6.07) is 0.302. The van der Waals surface area contributed by atoms with Crippen LogP contribution in [0.2, 0.25) is 0 Å². The highest BCUT2D eigenvalue weighted by atomic mass is 16.3. The molecule has 2 aliphatic rings. The third-order valence-electron chi connectivity index (χ3n) is 5.60. The van der Waals surface area contributed by atoms with Crippen LogP contribution in [0.25, 0.3) is 0 Å². The van der Waals surface area contributed by atoms with Crippen molar-refractivity contribution in [3.63, 3.8) is 0 Å². The average molecular weight is 346 g/mol. The van der Waals surface area contributed by atoms with Crippen LogP contribution in [0.15, 0.2) is 6.20 Å². The Bertz CT molecular complexity index is 613. The molecule has 0 unspecified atom stereocenters. The maximum Gasteiger partial charge on any atom is 0.223 e. The molecule has 0 aromatic carbocycles. The fourth-order valence-electron chi connectivity index (χ4n) is 4.13. The van der Waals surface area contributed by atoms with Crippen LogP contribution >= 0.6 is 0 Å². The number of aliphatic hydroxyl groups is 1. The molecule has 1 atom stereocenters. The molecule has 6 nitrogen and oxygen atoms in total. The number of nitrogens with zero attached hydrogens (tertiary/aromatic N) is 3. The Hall–Kier alpha value is -1.53. The molecule has 1 aromatic rings. The molecule has 2 fully saturated rings. The number of aryl methyl sites for hydroxylation is 1. The van der Waals surface area contributed by atoms with Crippen LogP contribution < -0.4 is 5.32 Å². The summed E-state index contributed by atoms with van der Waals surface area (Å²) in [6.07, 6.45) is 8.91. The summed E-state index contributed by atoms with van der Waals surface area (Å²) in [4.78, 5) is 23.6. The van der Waals surface area contributed by atoms with Crippen LogP contribution in [-0.2, 0) is 11.3 Å². The highest BCUT2D eigenvalue weighted by Crippen LogP contribution is 2.32. The number of carbonyl (C=O) groups excluding carboxylic acids is 1. The average Bonchev–Trinajstić information content (AvgIpc) is 3.00. The Kier molecular flexibility index (Phi) is 5.69. The Morgan fingerprint density at radius 3 is 2.80 bits per heavy atom. The molecule has 1 saturated heterocycles. The molecule has 138 valence electrons. The van der Waals surface area contributed by atoms with Gasteiger partial charge in [0.1, 0.15) is 5.82 Å². The van der Waals surface area contributed by atoms with E-state index in [-0.39, 0.29) is 12.3 Å². The van der Waals surface area contributed by atoms with Gasteiger partial charge in [-0.25, -0.2) is 9.97 Å². The van der Waals surface area contributed by atoms with Gasteiger partial charge in [0.05, 0.1) is 23.8 Å². The van der Waals surface area contributed by atoms with Crippen LogP contribution in [0.5, 0.6) is 0 Å². The smallest absolute Gasteiger partial charge is 0.223 e. The second-order valence-corrected chi connectivity index (χ2v) is 7.70. The first-order chi connectivity index (χ1) is 12.0. The van der Waals surface area contributed by atoms with E-state index in [2.05, 4.69) is 27.2 Å². The maximum atomic E-state index is 12.3. The molecule has 6 heteroatoms. The van der Waals surface area contributed by atoms with E-state index in [9.17, 15) is 9.90 Å². The molecule has 1 aliphatic carbocycles. The second-order valence-electron chi connectivity index (χ2n) is 7.70. The number of carbonyl (C=O) groups is 1. The minimum absolute atomic E-state index is 0.0873. The first-order valence-corrected chi connectivity index (χ1v) is 9.49. The van der Waals surface area contributed by atoms with Gasteiger partial charge in [0.15, 0.2) is 0 Å². The SMILES string of the molecule is Cc1ncc(CNC(=O)CC2(O)CCCCC2)c([C@H]2CCCN2C)n1. The van der Waals surface area contributed by atoms with E-state index in [1.165, 1.54) is 6.42 Å². The zero-order valence-corrected chi connectivity index (χ0v) is 15.4. The molecule has 0 radical (unpaired) electrons. The molecule has 3 rings (SSSR count). The largest absolute Gasteiger partial charge is 0.389 e. The van der Waals surface area contributed by atoms with Crippen molar-refractivity contribution in [3.8, 4) is 0 Å². The summed E-state index contributed by atoms with van der Waals surface area (Å²) in [5, 5.41) is 13.5. The zero-order valence-electron chi connectivity index (χ0n) is 15.4. The molecule has 2 N–H and O–H groups in total. The van der Waals surface area contributed by atoms with Crippen molar-refractivity contribution in [1.82, 2.24) is 20.2 Å². The van der Waals surface area contributed by atoms with E-state index >= 15 is 0 Å². The molecule has 0 spiro atoms. The van der Waals surface area contributed by atoms with Crippen molar-refractivity contribution in [2.45, 2.75) is 76.5 Å². The fourth-order valence-corrected chi connectivity index (χ4v) is 4.13. The summed E-state index contributed by atoms with van der Waals surface area (Å²) in [5.74, 6) is 0.678. The molecule has 1 aliphatic heterocycles. The van der Waals surface area contributed by atoms with Crippen molar-refractivity contribution in [3.05, 3.63) is 23.3 Å². The molecule has 0 bridgehead atoms.